The zero-order valence-electron chi connectivity index (χ0n) is 21.1. The van der Waals surface area contributed by atoms with Gasteiger partial charge in [0.05, 0.1) is 18.2 Å². The average molecular weight is 499 g/mol. The molecule has 37 heavy (non-hydrogen) atoms. The van der Waals surface area contributed by atoms with E-state index in [-0.39, 0.29) is 17.1 Å². The van der Waals surface area contributed by atoms with Gasteiger partial charge in [0.25, 0.3) is 5.56 Å². The molecule has 1 N–H and O–H groups in total. The summed E-state index contributed by atoms with van der Waals surface area (Å²) in [7, 11) is 0. The minimum Gasteiger partial charge on any atom is -0.507 e. The number of aromatic nitrogens is 2. The molecule has 1 aliphatic heterocycles. The first-order valence-corrected chi connectivity index (χ1v) is 12.5. The highest BCUT2D eigenvalue weighted by Crippen LogP contribution is 2.34. The quantitative estimate of drug-likeness (QED) is 0.419. The van der Waals surface area contributed by atoms with Crippen molar-refractivity contribution in [1.82, 2.24) is 14.5 Å². The summed E-state index contributed by atoms with van der Waals surface area (Å²) < 4.78 is 15.1. The summed E-state index contributed by atoms with van der Waals surface area (Å²) in [6.45, 7) is 7.07. The number of rotatable bonds is 6. The van der Waals surface area contributed by atoms with E-state index in [1.165, 1.54) is 12.1 Å². The van der Waals surface area contributed by atoms with Crippen molar-refractivity contribution < 1.29 is 9.50 Å². The molecule has 1 saturated heterocycles. The lowest BCUT2D eigenvalue weighted by molar-refractivity contribution is 0.207. The summed E-state index contributed by atoms with van der Waals surface area (Å²) in [5.41, 5.74) is 4.87. The van der Waals surface area contributed by atoms with Gasteiger partial charge < -0.3 is 14.6 Å². The van der Waals surface area contributed by atoms with Gasteiger partial charge in [0.1, 0.15) is 11.6 Å². The lowest BCUT2D eigenvalue weighted by Crippen LogP contribution is -2.49. The van der Waals surface area contributed by atoms with Crippen LogP contribution in [0.4, 0.5) is 10.1 Å². The van der Waals surface area contributed by atoms with Gasteiger partial charge in [-0.05, 0) is 61.4 Å². The number of anilines is 1. The molecule has 1 unspecified atom stereocenters. The Kier molecular flexibility index (Phi) is 7.06. The maximum Gasteiger partial charge on any atom is 0.259 e. The normalized spacial score (nSPS) is 15.1. The molecule has 3 heterocycles. The first-order valence-electron chi connectivity index (χ1n) is 12.5. The smallest absolute Gasteiger partial charge is 0.259 e. The fourth-order valence-corrected chi connectivity index (χ4v) is 5.10. The number of aryl methyl sites for hydroxylation is 2. The molecule has 1 aliphatic rings. The van der Waals surface area contributed by atoms with Gasteiger partial charge in [-0.15, -0.1) is 0 Å². The summed E-state index contributed by atoms with van der Waals surface area (Å²) in [6, 6.07) is 19.8. The third kappa shape index (κ3) is 5.27. The zero-order valence-corrected chi connectivity index (χ0v) is 21.1. The van der Waals surface area contributed by atoms with E-state index in [0.717, 1.165) is 35.5 Å². The Bertz CT molecular complexity index is 1410. The topological polar surface area (TPSA) is 61.6 Å². The molecule has 190 valence electrons. The van der Waals surface area contributed by atoms with Gasteiger partial charge in [-0.3, -0.25) is 14.7 Å². The van der Waals surface area contributed by atoms with Crippen LogP contribution in [0.3, 0.4) is 0 Å². The van der Waals surface area contributed by atoms with Crippen LogP contribution >= 0.6 is 0 Å². The van der Waals surface area contributed by atoms with Crippen molar-refractivity contribution >= 4 is 5.69 Å². The molecule has 0 saturated carbocycles. The maximum atomic E-state index is 14.0. The summed E-state index contributed by atoms with van der Waals surface area (Å²) in [6.07, 6.45) is 3.46. The highest BCUT2D eigenvalue weighted by Gasteiger charge is 2.31. The second-order valence-electron chi connectivity index (χ2n) is 9.65. The maximum absolute atomic E-state index is 14.0. The van der Waals surface area contributed by atoms with Crippen molar-refractivity contribution in [3.63, 3.8) is 0 Å². The number of nitrogens with zero attached hydrogens (tertiary/aromatic N) is 4. The molecule has 6 nitrogen and oxygen atoms in total. The lowest BCUT2D eigenvalue weighted by atomic mass is 9.95. The van der Waals surface area contributed by atoms with Crippen LogP contribution in [0.1, 0.15) is 34.0 Å². The lowest BCUT2D eigenvalue weighted by Gasteiger charge is -2.40. The SMILES string of the molecule is Cc1ccc(C(c2c(O)cc(C)n(Cc3cccnc3)c2=O)N2CCN(c3ccc(F)cc3)CC2)cc1. The highest BCUT2D eigenvalue weighted by atomic mass is 19.1. The van der Waals surface area contributed by atoms with E-state index in [2.05, 4.69) is 14.8 Å². The van der Waals surface area contributed by atoms with Gasteiger partial charge in [0.2, 0.25) is 0 Å². The molecule has 0 spiro atoms. The van der Waals surface area contributed by atoms with Gasteiger partial charge in [0.15, 0.2) is 0 Å². The second-order valence-corrected chi connectivity index (χ2v) is 9.65. The molecule has 0 radical (unpaired) electrons. The number of hydrogen-bond acceptors (Lipinski definition) is 5. The molecule has 4 aromatic rings. The standard InChI is InChI=1S/C30H31FN4O2/c1-21-5-7-24(8-6-21)29(34-16-14-33(15-17-34)26-11-9-25(31)10-12-26)28-27(36)18-22(2)35(30(28)37)20-23-4-3-13-32-19-23/h3-13,18-19,29,36H,14-17,20H2,1-2H3. The molecule has 2 aromatic carbocycles. The van der Waals surface area contributed by atoms with Gasteiger partial charge >= 0.3 is 0 Å². The molecule has 2 aromatic heterocycles. The van der Waals surface area contributed by atoms with Crippen LogP contribution in [-0.2, 0) is 6.54 Å². The first kappa shape index (κ1) is 24.7. The van der Waals surface area contributed by atoms with Gasteiger partial charge in [-0.25, -0.2) is 4.39 Å². The number of pyridine rings is 2. The molecule has 5 rings (SSSR count). The van der Waals surface area contributed by atoms with Crippen LogP contribution in [0.5, 0.6) is 5.75 Å². The number of hydrogen-bond donors (Lipinski definition) is 1. The van der Waals surface area contributed by atoms with Crippen molar-refractivity contribution in [2.75, 3.05) is 31.1 Å². The number of benzene rings is 2. The number of aromatic hydroxyl groups is 1. The minimum atomic E-state index is -0.399. The Morgan fingerprint density at radius 1 is 0.973 bits per heavy atom. The summed E-state index contributed by atoms with van der Waals surface area (Å²) in [5.74, 6) is -0.240. The fraction of sp³-hybridized carbons (Fsp3) is 0.267. The van der Waals surface area contributed by atoms with Crippen LogP contribution < -0.4 is 10.5 Å². The van der Waals surface area contributed by atoms with Crippen molar-refractivity contribution in [3.05, 3.63) is 123 Å². The molecule has 1 atom stereocenters. The number of halogens is 1. The molecule has 0 aliphatic carbocycles. The molecule has 0 amide bonds. The monoisotopic (exact) mass is 498 g/mol. The molecular weight excluding hydrogens is 467 g/mol. The van der Waals surface area contributed by atoms with Crippen molar-refractivity contribution in [1.29, 1.82) is 0 Å². The predicted octanol–water partition coefficient (Wildman–Crippen LogP) is 4.66. The molecule has 0 bridgehead atoms. The minimum absolute atomic E-state index is 0.0106. The summed E-state index contributed by atoms with van der Waals surface area (Å²) in [5, 5.41) is 11.1. The molecule has 7 heteroatoms. The number of piperazine rings is 1. The van der Waals surface area contributed by atoms with E-state index in [9.17, 15) is 14.3 Å². The van der Waals surface area contributed by atoms with E-state index >= 15 is 0 Å². The summed E-state index contributed by atoms with van der Waals surface area (Å²) >= 11 is 0. The van der Waals surface area contributed by atoms with Crippen molar-refractivity contribution in [3.8, 4) is 5.75 Å². The van der Waals surface area contributed by atoms with E-state index in [0.29, 0.717) is 30.9 Å². The van der Waals surface area contributed by atoms with E-state index in [1.54, 1.807) is 35.2 Å². The summed E-state index contributed by atoms with van der Waals surface area (Å²) in [4.78, 5) is 22.6. The van der Waals surface area contributed by atoms with E-state index < -0.39 is 6.04 Å². The van der Waals surface area contributed by atoms with Crippen LogP contribution in [-0.4, -0.2) is 45.7 Å². The third-order valence-electron chi connectivity index (χ3n) is 7.12. The van der Waals surface area contributed by atoms with Gasteiger partial charge in [-0.2, -0.15) is 0 Å². The van der Waals surface area contributed by atoms with Crippen LogP contribution in [0.2, 0.25) is 0 Å². The fourth-order valence-electron chi connectivity index (χ4n) is 5.10. The molecule has 1 fully saturated rings. The van der Waals surface area contributed by atoms with Crippen LogP contribution in [0, 0.1) is 19.7 Å². The van der Waals surface area contributed by atoms with Crippen molar-refractivity contribution in [2.24, 2.45) is 0 Å². The Morgan fingerprint density at radius 2 is 1.68 bits per heavy atom. The first-order chi connectivity index (χ1) is 17.9. The van der Waals surface area contributed by atoms with Crippen LogP contribution in [0.25, 0.3) is 0 Å². The Morgan fingerprint density at radius 3 is 2.32 bits per heavy atom. The largest absolute Gasteiger partial charge is 0.507 e. The predicted molar refractivity (Wildman–Crippen MR) is 144 cm³/mol. The van der Waals surface area contributed by atoms with E-state index in [4.69, 9.17) is 0 Å². The van der Waals surface area contributed by atoms with Crippen molar-refractivity contribution in [2.45, 2.75) is 26.4 Å². The zero-order chi connectivity index (χ0) is 25.9. The Labute approximate surface area is 216 Å². The Balaban J connectivity index is 1.52. The van der Waals surface area contributed by atoms with Gasteiger partial charge in [-0.1, -0.05) is 35.9 Å². The van der Waals surface area contributed by atoms with E-state index in [1.807, 2.05) is 50.2 Å². The highest BCUT2D eigenvalue weighted by molar-refractivity contribution is 5.47. The molecular formula is C30H31FN4O2. The van der Waals surface area contributed by atoms with Crippen LogP contribution in [0.15, 0.2) is 83.9 Å². The van der Waals surface area contributed by atoms with Gasteiger partial charge in [0, 0.05) is 50.0 Å². The third-order valence-corrected chi connectivity index (χ3v) is 7.12. The second kappa shape index (κ2) is 10.6. The average Bonchev–Trinajstić information content (AvgIpc) is 2.91. The Hall–Kier alpha value is -3.97.